The largest absolute Gasteiger partial charge is 0.480 e. The van der Waals surface area contributed by atoms with E-state index in [4.69, 9.17) is 5.11 Å². The summed E-state index contributed by atoms with van der Waals surface area (Å²) in [7, 11) is 0. The van der Waals surface area contributed by atoms with Gasteiger partial charge in [-0.3, -0.25) is 4.79 Å². The van der Waals surface area contributed by atoms with Crippen LogP contribution in [0.1, 0.15) is 18.4 Å². The van der Waals surface area contributed by atoms with Gasteiger partial charge in [-0.2, -0.15) is 0 Å². The van der Waals surface area contributed by atoms with Gasteiger partial charge < -0.3 is 15.7 Å². The quantitative estimate of drug-likeness (QED) is 0.741. The molecular formula is C14H17FN2O3. The third kappa shape index (κ3) is 3.77. The molecule has 1 aliphatic rings. The van der Waals surface area contributed by atoms with Crippen molar-refractivity contribution in [2.75, 3.05) is 6.54 Å². The first kappa shape index (κ1) is 14.5. The van der Waals surface area contributed by atoms with E-state index in [1.807, 2.05) is 0 Å². The summed E-state index contributed by atoms with van der Waals surface area (Å²) in [6.07, 6.45) is 1.67. The lowest BCUT2D eigenvalue weighted by Crippen LogP contribution is -2.49. The molecule has 0 aromatic heterocycles. The number of amides is 1. The smallest absolute Gasteiger partial charge is 0.326 e. The molecule has 20 heavy (non-hydrogen) atoms. The standard InChI is InChI=1S/C14H17FN2O3/c15-10-4-1-3-9(7-10)8-12(14(19)20)17-13(18)11-5-2-6-16-11/h1,3-4,7,11-12,16H,2,5-6,8H2,(H,17,18)(H,19,20)/t11-,12?/m0/s1. The fraction of sp³-hybridized carbons (Fsp3) is 0.429. The Hall–Kier alpha value is -1.95. The number of halogens is 1. The molecule has 2 rings (SSSR count). The number of hydrogen-bond donors (Lipinski definition) is 3. The summed E-state index contributed by atoms with van der Waals surface area (Å²) in [5, 5.41) is 14.7. The van der Waals surface area contributed by atoms with Crippen LogP contribution in [0.4, 0.5) is 4.39 Å². The van der Waals surface area contributed by atoms with E-state index < -0.39 is 17.8 Å². The SMILES string of the molecule is O=C(O)C(Cc1cccc(F)c1)NC(=O)[C@@H]1CCCN1. The summed E-state index contributed by atoms with van der Waals surface area (Å²) in [6, 6.07) is 4.34. The van der Waals surface area contributed by atoms with Gasteiger partial charge in [-0.05, 0) is 37.1 Å². The minimum absolute atomic E-state index is 0.0611. The average Bonchev–Trinajstić information content (AvgIpc) is 2.91. The fourth-order valence-electron chi connectivity index (χ4n) is 2.28. The lowest BCUT2D eigenvalue weighted by atomic mass is 10.1. The minimum Gasteiger partial charge on any atom is -0.480 e. The van der Waals surface area contributed by atoms with Crippen molar-refractivity contribution in [3.63, 3.8) is 0 Å². The van der Waals surface area contributed by atoms with Gasteiger partial charge in [0.15, 0.2) is 0 Å². The van der Waals surface area contributed by atoms with E-state index in [1.54, 1.807) is 6.07 Å². The Morgan fingerprint density at radius 1 is 1.50 bits per heavy atom. The monoisotopic (exact) mass is 280 g/mol. The first-order chi connectivity index (χ1) is 9.56. The first-order valence-corrected chi connectivity index (χ1v) is 6.57. The van der Waals surface area contributed by atoms with Crippen LogP contribution in [-0.4, -0.2) is 35.6 Å². The van der Waals surface area contributed by atoms with E-state index in [1.165, 1.54) is 18.2 Å². The van der Waals surface area contributed by atoms with Gasteiger partial charge in [0.05, 0.1) is 6.04 Å². The highest BCUT2D eigenvalue weighted by atomic mass is 19.1. The number of carbonyl (C=O) groups excluding carboxylic acids is 1. The Morgan fingerprint density at radius 2 is 2.30 bits per heavy atom. The van der Waals surface area contributed by atoms with Crippen molar-refractivity contribution in [1.29, 1.82) is 0 Å². The Balaban J connectivity index is 2.00. The molecule has 5 nitrogen and oxygen atoms in total. The van der Waals surface area contributed by atoms with Gasteiger partial charge in [-0.25, -0.2) is 9.18 Å². The highest BCUT2D eigenvalue weighted by molar-refractivity contribution is 5.87. The lowest BCUT2D eigenvalue weighted by molar-refractivity contribution is -0.142. The number of nitrogens with one attached hydrogen (secondary N) is 2. The molecule has 1 fully saturated rings. The van der Waals surface area contributed by atoms with Crippen molar-refractivity contribution in [2.45, 2.75) is 31.3 Å². The molecule has 1 aliphatic heterocycles. The van der Waals surface area contributed by atoms with Crippen molar-refractivity contribution in [3.05, 3.63) is 35.6 Å². The van der Waals surface area contributed by atoms with Crippen LogP contribution in [0.2, 0.25) is 0 Å². The van der Waals surface area contributed by atoms with Gasteiger partial charge in [0.1, 0.15) is 11.9 Å². The van der Waals surface area contributed by atoms with Crippen LogP contribution < -0.4 is 10.6 Å². The number of hydrogen-bond acceptors (Lipinski definition) is 3. The number of aliphatic carboxylic acids is 1. The molecule has 0 saturated carbocycles. The molecular weight excluding hydrogens is 263 g/mol. The molecule has 2 atom stereocenters. The highest BCUT2D eigenvalue weighted by Gasteiger charge is 2.27. The van der Waals surface area contributed by atoms with E-state index in [-0.39, 0.29) is 18.4 Å². The maximum Gasteiger partial charge on any atom is 0.326 e. The van der Waals surface area contributed by atoms with Crippen LogP contribution >= 0.6 is 0 Å². The number of carbonyl (C=O) groups is 2. The summed E-state index contributed by atoms with van der Waals surface area (Å²) in [5.41, 5.74) is 0.539. The van der Waals surface area contributed by atoms with E-state index >= 15 is 0 Å². The Bertz CT molecular complexity index is 501. The van der Waals surface area contributed by atoms with Crippen molar-refractivity contribution >= 4 is 11.9 Å². The van der Waals surface area contributed by atoms with Crippen molar-refractivity contribution in [2.24, 2.45) is 0 Å². The zero-order chi connectivity index (χ0) is 14.5. The van der Waals surface area contributed by atoms with Crippen LogP contribution in [0.3, 0.4) is 0 Å². The summed E-state index contributed by atoms with van der Waals surface area (Å²) in [5.74, 6) is -1.86. The van der Waals surface area contributed by atoms with E-state index in [0.29, 0.717) is 12.0 Å². The van der Waals surface area contributed by atoms with E-state index in [0.717, 1.165) is 13.0 Å². The number of benzene rings is 1. The first-order valence-electron chi connectivity index (χ1n) is 6.57. The van der Waals surface area contributed by atoms with E-state index in [9.17, 15) is 14.0 Å². The number of carboxylic acid groups (broad SMARTS) is 1. The Kier molecular flexibility index (Phi) is 4.68. The average molecular weight is 280 g/mol. The maximum atomic E-state index is 13.1. The molecule has 1 unspecified atom stereocenters. The fourth-order valence-corrected chi connectivity index (χ4v) is 2.28. The molecule has 1 amide bonds. The van der Waals surface area contributed by atoms with Crippen LogP contribution in [0.5, 0.6) is 0 Å². The van der Waals surface area contributed by atoms with Gasteiger partial charge in [-0.1, -0.05) is 12.1 Å². The summed E-state index contributed by atoms with van der Waals surface area (Å²) < 4.78 is 13.1. The molecule has 6 heteroatoms. The molecule has 0 bridgehead atoms. The summed E-state index contributed by atoms with van der Waals surface area (Å²) in [6.45, 7) is 0.764. The highest BCUT2D eigenvalue weighted by Crippen LogP contribution is 2.09. The lowest BCUT2D eigenvalue weighted by Gasteiger charge is -2.17. The van der Waals surface area contributed by atoms with Gasteiger partial charge in [0.2, 0.25) is 5.91 Å². The summed E-state index contributed by atoms with van der Waals surface area (Å²) in [4.78, 5) is 23.1. The molecule has 1 saturated heterocycles. The minimum atomic E-state index is -1.12. The van der Waals surface area contributed by atoms with Crippen molar-refractivity contribution in [1.82, 2.24) is 10.6 Å². The van der Waals surface area contributed by atoms with Gasteiger partial charge in [-0.15, -0.1) is 0 Å². The predicted molar refractivity (Wildman–Crippen MR) is 70.7 cm³/mol. The molecule has 1 heterocycles. The topological polar surface area (TPSA) is 78.4 Å². The molecule has 0 spiro atoms. The van der Waals surface area contributed by atoms with Crippen molar-refractivity contribution in [3.8, 4) is 0 Å². The summed E-state index contributed by atoms with van der Waals surface area (Å²) >= 11 is 0. The van der Waals surface area contributed by atoms with Crippen molar-refractivity contribution < 1.29 is 19.1 Å². The van der Waals surface area contributed by atoms with Crippen LogP contribution in [0, 0.1) is 5.82 Å². The molecule has 1 aromatic carbocycles. The number of rotatable bonds is 5. The molecule has 3 N–H and O–H groups in total. The third-order valence-electron chi connectivity index (χ3n) is 3.32. The van der Waals surface area contributed by atoms with Crippen LogP contribution in [0.25, 0.3) is 0 Å². The number of carboxylic acids is 1. The Labute approximate surface area is 116 Å². The molecule has 0 aliphatic carbocycles. The maximum absolute atomic E-state index is 13.1. The second-order valence-corrected chi connectivity index (χ2v) is 4.88. The molecule has 0 radical (unpaired) electrons. The Morgan fingerprint density at radius 3 is 2.90 bits per heavy atom. The van der Waals surface area contributed by atoms with Gasteiger partial charge >= 0.3 is 5.97 Å². The molecule has 1 aromatic rings. The van der Waals surface area contributed by atoms with Crippen LogP contribution in [0.15, 0.2) is 24.3 Å². The molecule has 108 valence electrons. The second kappa shape index (κ2) is 6.47. The van der Waals surface area contributed by atoms with E-state index in [2.05, 4.69) is 10.6 Å². The predicted octanol–water partition coefficient (Wildman–Crippen LogP) is 0.690. The van der Waals surface area contributed by atoms with Gasteiger partial charge in [0, 0.05) is 6.42 Å². The van der Waals surface area contributed by atoms with Gasteiger partial charge in [0.25, 0.3) is 0 Å². The van der Waals surface area contributed by atoms with Crippen LogP contribution in [-0.2, 0) is 16.0 Å². The normalized spacial score (nSPS) is 19.6. The third-order valence-corrected chi connectivity index (χ3v) is 3.32. The zero-order valence-corrected chi connectivity index (χ0v) is 10.9. The second-order valence-electron chi connectivity index (χ2n) is 4.88. The zero-order valence-electron chi connectivity index (χ0n) is 10.9.